The first kappa shape index (κ1) is 34.4. The molecule has 2 atom stereocenters. The smallest absolute Gasteiger partial charge is 0.343 e. The van der Waals surface area contributed by atoms with Crippen molar-refractivity contribution in [2.24, 2.45) is 0 Å². The SMILES string of the molecule is CCCCCCCCCCCC(CCC)Oc1ccc(OC(=O)c2ccc(-c3ccc(C(C)OCCC)cc3)cc2)cc1. The summed E-state index contributed by atoms with van der Waals surface area (Å²) >= 11 is 0. The summed E-state index contributed by atoms with van der Waals surface area (Å²) in [7, 11) is 0. The maximum Gasteiger partial charge on any atom is 0.343 e. The summed E-state index contributed by atoms with van der Waals surface area (Å²) in [5.74, 6) is 0.977. The molecule has 3 aromatic rings. The van der Waals surface area contributed by atoms with E-state index in [2.05, 4.69) is 52.0 Å². The van der Waals surface area contributed by atoms with Crippen LogP contribution in [0.5, 0.6) is 11.5 Å². The van der Waals surface area contributed by atoms with Crippen LogP contribution in [0.25, 0.3) is 11.1 Å². The fourth-order valence-corrected chi connectivity index (χ4v) is 5.35. The number of hydrogen-bond acceptors (Lipinski definition) is 4. The van der Waals surface area contributed by atoms with E-state index in [-0.39, 0.29) is 18.2 Å². The Morgan fingerprint density at radius 2 is 1.16 bits per heavy atom. The van der Waals surface area contributed by atoms with Gasteiger partial charge >= 0.3 is 5.97 Å². The lowest BCUT2D eigenvalue weighted by atomic mass is 10.0. The highest BCUT2D eigenvalue weighted by Crippen LogP contribution is 2.26. The van der Waals surface area contributed by atoms with Crippen LogP contribution in [0, 0.1) is 0 Å². The Labute approximate surface area is 261 Å². The lowest BCUT2D eigenvalue weighted by molar-refractivity contribution is 0.0662. The predicted molar refractivity (Wildman–Crippen MR) is 179 cm³/mol. The van der Waals surface area contributed by atoms with Crippen LogP contribution in [0.4, 0.5) is 0 Å². The van der Waals surface area contributed by atoms with Gasteiger partial charge in [0.25, 0.3) is 0 Å². The molecule has 0 aliphatic carbocycles. The van der Waals surface area contributed by atoms with Gasteiger partial charge in [0, 0.05) is 6.61 Å². The lowest BCUT2D eigenvalue weighted by Crippen LogP contribution is -2.16. The van der Waals surface area contributed by atoms with Crippen molar-refractivity contribution in [1.29, 1.82) is 0 Å². The van der Waals surface area contributed by atoms with Gasteiger partial charge in [-0.3, -0.25) is 0 Å². The first-order valence-electron chi connectivity index (χ1n) is 16.8. The fraction of sp³-hybridized carbons (Fsp3) is 0.513. The second-order valence-electron chi connectivity index (χ2n) is 11.7. The van der Waals surface area contributed by atoms with Gasteiger partial charge in [-0.05, 0) is 85.7 Å². The minimum atomic E-state index is -0.369. The number of unbranched alkanes of at least 4 members (excludes halogenated alkanes) is 8. The van der Waals surface area contributed by atoms with E-state index in [1.54, 1.807) is 0 Å². The van der Waals surface area contributed by atoms with Gasteiger partial charge < -0.3 is 14.2 Å². The molecule has 0 aromatic heterocycles. The van der Waals surface area contributed by atoms with Crippen LogP contribution in [-0.2, 0) is 4.74 Å². The van der Waals surface area contributed by atoms with Crippen molar-refractivity contribution >= 4 is 5.97 Å². The highest BCUT2D eigenvalue weighted by Gasteiger charge is 2.12. The molecular formula is C39H54O4. The van der Waals surface area contributed by atoms with Gasteiger partial charge in [-0.2, -0.15) is 0 Å². The second kappa shape index (κ2) is 20.0. The Kier molecular flexibility index (Phi) is 16.0. The van der Waals surface area contributed by atoms with E-state index in [4.69, 9.17) is 14.2 Å². The molecule has 3 rings (SSSR count). The number of rotatable bonds is 21. The zero-order valence-electron chi connectivity index (χ0n) is 27.1. The number of carbonyl (C=O) groups is 1. The van der Waals surface area contributed by atoms with Gasteiger partial charge in [-0.1, -0.05) is 115 Å². The number of hydrogen-bond donors (Lipinski definition) is 0. The molecule has 0 aliphatic heterocycles. The van der Waals surface area contributed by atoms with Crippen molar-refractivity contribution in [3.63, 3.8) is 0 Å². The molecule has 0 saturated heterocycles. The highest BCUT2D eigenvalue weighted by molar-refractivity contribution is 5.91. The van der Waals surface area contributed by atoms with E-state index in [0.29, 0.717) is 11.3 Å². The summed E-state index contributed by atoms with van der Waals surface area (Å²) in [5, 5.41) is 0. The average molecular weight is 587 g/mol. The van der Waals surface area contributed by atoms with Crippen molar-refractivity contribution in [2.45, 2.75) is 123 Å². The molecule has 0 radical (unpaired) electrons. The van der Waals surface area contributed by atoms with Gasteiger partial charge in [0.05, 0.1) is 17.8 Å². The van der Waals surface area contributed by atoms with Crippen LogP contribution in [-0.4, -0.2) is 18.7 Å². The lowest BCUT2D eigenvalue weighted by Gasteiger charge is -2.19. The van der Waals surface area contributed by atoms with Crippen LogP contribution >= 0.6 is 0 Å². The minimum Gasteiger partial charge on any atom is -0.490 e. The summed E-state index contributed by atoms with van der Waals surface area (Å²) in [6, 6.07) is 23.4. The largest absolute Gasteiger partial charge is 0.490 e. The molecule has 0 N–H and O–H groups in total. The molecule has 4 nitrogen and oxygen atoms in total. The van der Waals surface area contributed by atoms with Gasteiger partial charge in [-0.25, -0.2) is 4.79 Å². The molecule has 234 valence electrons. The minimum absolute atomic E-state index is 0.0779. The maximum atomic E-state index is 12.8. The Balaban J connectivity index is 1.44. The normalized spacial score (nSPS) is 12.6. The first-order chi connectivity index (χ1) is 21.0. The maximum absolute atomic E-state index is 12.8. The number of benzene rings is 3. The van der Waals surface area contributed by atoms with Crippen molar-refractivity contribution in [2.75, 3.05) is 6.61 Å². The van der Waals surface area contributed by atoms with E-state index in [0.717, 1.165) is 54.7 Å². The molecule has 0 heterocycles. The summed E-state index contributed by atoms with van der Waals surface area (Å²) in [4.78, 5) is 12.8. The van der Waals surface area contributed by atoms with Gasteiger partial charge in [0.1, 0.15) is 11.5 Å². The molecule has 0 spiro atoms. The molecule has 0 aliphatic rings. The summed E-state index contributed by atoms with van der Waals surface area (Å²) in [6.07, 6.45) is 16.6. The van der Waals surface area contributed by atoms with Crippen LogP contribution in [0.15, 0.2) is 72.8 Å². The van der Waals surface area contributed by atoms with E-state index in [9.17, 15) is 4.79 Å². The van der Waals surface area contributed by atoms with Crippen LogP contribution in [0.2, 0.25) is 0 Å². The van der Waals surface area contributed by atoms with E-state index < -0.39 is 0 Å². The molecule has 4 heteroatoms. The van der Waals surface area contributed by atoms with E-state index >= 15 is 0 Å². The molecule has 0 fully saturated rings. The fourth-order valence-electron chi connectivity index (χ4n) is 5.35. The topological polar surface area (TPSA) is 44.8 Å². The molecule has 2 unspecified atom stereocenters. The van der Waals surface area contributed by atoms with Crippen molar-refractivity contribution in [3.8, 4) is 22.6 Å². The predicted octanol–water partition coefficient (Wildman–Crippen LogP) is 11.5. The van der Waals surface area contributed by atoms with Crippen molar-refractivity contribution < 1.29 is 19.0 Å². The van der Waals surface area contributed by atoms with E-state index in [1.165, 1.54) is 57.8 Å². The van der Waals surface area contributed by atoms with Crippen LogP contribution in [0.3, 0.4) is 0 Å². The average Bonchev–Trinajstić information content (AvgIpc) is 3.04. The van der Waals surface area contributed by atoms with E-state index in [1.807, 2.05) is 48.5 Å². The van der Waals surface area contributed by atoms with Crippen LogP contribution < -0.4 is 9.47 Å². The Bertz CT molecular complexity index is 1150. The summed E-state index contributed by atoms with van der Waals surface area (Å²) < 4.78 is 17.8. The first-order valence-corrected chi connectivity index (χ1v) is 16.8. The van der Waals surface area contributed by atoms with Gasteiger partial charge in [0.2, 0.25) is 0 Å². The molecular weight excluding hydrogens is 532 g/mol. The number of ether oxygens (including phenoxy) is 3. The number of esters is 1. The second-order valence-corrected chi connectivity index (χ2v) is 11.7. The zero-order valence-corrected chi connectivity index (χ0v) is 27.1. The van der Waals surface area contributed by atoms with Crippen LogP contribution in [0.1, 0.15) is 133 Å². The Hall–Kier alpha value is -3.11. The van der Waals surface area contributed by atoms with Crippen molar-refractivity contribution in [1.82, 2.24) is 0 Å². The third-order valence-electron chi connectivity index (χ3n) is 7.98. The van der Waals surface area contributed by atoms with Gasteiger partial charge in [0.15, 0.2) is 0 Å². The Morgan fingerprint density at radius 3 is 1.74 bits per heavy atom. The van der Waals surface area contributed by atoms with Crippen molar-refractivity contribution in [3.05, 3.63) is 83.9 Å². The molecule has 0 amide bonds. The molecule has 3 aromatic carbocycles. The monoisotopic (exact) mass is 586 g/mol. The zero-order chi connectivity index (χ0) is 30.7. The Morgan fingerprint density at radius 1 is 0.605 bits per heavy atom. The third-order valence-corrected chi connectivity index (χ3v) is 7.98. The molecule has 0 bridgehead atoms. The standard InChI is InChI=1S/C39H54O4/c1-5-8-9-10-11-12-13-14-15-17-36(16-6-2)42-37-26-28-38(29-27-37)43-39(40)35-24-22-34(23-25-35)33-20-18-32(19-21-33)31(4)41-30-7-3/h18-29,31,36H,5-17,30H2,1-4H3. The van der Waals surface area contributed by atoms with Gasteiger partial charge in [-0.15, -0.1) is 0 Å². The molecule has 43 heavy (non-hydrogen) atoms. The highest BCUT2D eigenvalue weighted by atomic mass is 16.5. The number of carbonyl (C=O) groups excluding carboxylic acids is 1. The quantitative estimate of drug-likeness (QED) is 0.0707. The third kappa shape index (κ3) is 12.6. The molecule has 0 saturated carbocycles. The summed E-state index contributed by atoms with van der Waals surface area (Å²) in [5.41, 5.74) is 3.83. The summed E-state index contributed by atoms with van der Waals surface area (Å²) in [6.45, 7) is 9.43.